The van der Waals surface area contributed by atoms with Gasteiger partial charge in [0.2, 0.25) is 0 Å². The zero-order valence-corrected chi connectivity index (χ0v) is 24.2. The number of aromatic nitrogens is 2. The second-order valence-electron chi connectivity index (χ2n) is 11.1. The Balaban J connectivity index is 0.00000137. The Morgan fingerprint density at radius 3 is 2.21 bits per heavy atom. The van der Waals surface area contributed by atoms with E-state index in [1.165, 1.54) is 17.6 Å². The summed E-state index contributed by atoms with van der Waals surface area (Å²) in [6.45, 7) is 22.5. The van der Waals surface area contributed by atoms with Crippen LogP contribution in [0.15, 0.2) is 11.8 Å². The molecule has 0 bridgehead atoms. The van der Waals surface area contributed by atoms with Crippen LogP contribution in [-0.4, -0.2) is 41.4 Å². The standard InChI is InChI=1S/C22H37N3O2.C4H10.C3H8/c1-15(22(3,4)5)18(11-12-27-6)21-16(2)24-20(13-23-21)19-10-8-7-9-17(14-26)25-19;1-4(2)3;1-3-2/h13,17,19,25-26H,7-12,14H2,1-6H3;4H,1-3H3;3H2,1-2H3/b18-15+;;. The molecule has 198 valence electrons. The molecular weight excluding hydrogens is 422 g/mol. The smallest absolute Gasteiger partial charge is 0.0874 e. The normalized spacial score (nSPS) is 19.3. The number of aliphatic hydroxyl groups is 1. The first-order valence-electron chi connectivity index (χ1n) is 13.3. The van der Waals surface area contributed by atoms with E-state index in [1.807, 2.05) is 6.20 Å². The van der Waals surface area contributed by atoms with Gasteiger partial charge in [-0.15, -0.1) is 0 Å². The minimum Gasteiger partial charge on any atom is -0.395 e. The molecule has 2 N–H and O–H groups in total. The fraction of sp³-hybridized carbons (Fsp3) is 0.793. The molecule has 1 fully saturated rings. The van der Waals surface area contributed by atoms with E-state index in [4.69, 9.17) is 14.7 Å². The molecule has 1 aliphatic rings. The second kappa shape index (κ2) is 17.2. The summed E-state index contributed by atoms with van der Waals surface area (Å²) >= 11 is 0. The summed E-state index contributed by atoms with van der Waals surface area (Å²) in [5.74, 6) is 0.833. The van der Waals surface area contributed by atoms with Gasteiger partial charge in [-0.3, -0.25) is 9.97 Å². The maximum atomic E-state index is 9.56. The molecule has 0 aromatic carbocycles. The summed E-state index contributed by atoms with van der Waals surface area (Å²) in [6.07, 6.45) is 8.36. The third kappa shape index (κ3) is 12.4. The van der Waals surface area contributed by atoms with Crippen LogP contribution in [0.2, 0.25) is 0 Å². The van der Waals surface area contributed by atoms with Crippen molar-refractivity contribution < 1.29 is 9.84 Å². The van der Waals surface area contributed by atoms with Crippen LogP contribution in [0.5, 0.6) is 0 Å². The van der Waals surface area contributed by atoms with Crippen LogP contribution in [0.4, 0.5) is 0 Å². The number of aryl methyl sites for hydroxylation is 1. The van der Waals surface area contributed by atoms with E-state index in [2.05, 4.69) is 74.6 Å². The van der Waals surface area contributed by atoms with E-state index >= 15 is 0 Å². The number of rotatable bonds is 6. The van der Waals surface area contributed by atoms with Crippen molar-refractivity contribution in [1.29, 1.82) is 0 Å². The van der Waals surface area contributed by atoms with Gasteiger partial charge in [-0.25, -0.2) is 0 Å². The molecule has 0 spiro atoms. The monoisotopic (exact) mass is 477 g/mol. The summed E-state index contributed by atoms with van der Waals surface area (Å²) in [7, 11) is 1.74. The van der Waals surface area contributed by atoms with Gasteiger partial charge in [0, 0.05) is 13.2 Å². The summed E-state index contributed by atoms with van der Waals surface area (Å²) in [4.78, 5) is 9.76. The van der Waals surface area contributed by atoms with Crippen molar-refractivity contribution in [2.24, 2.45) is 11.3 Å². The lowest BCUT2D eigenvalue weighted by atomic mass is 9.82. The first kappa shape index (κ1) is 32.7. The van der Waals surface area contributed by atoms with E-state index in [0.717, 1.165) is 55.1 Å². The number of allylic oxidation sites excluding steroid dienone is 1. The highest BCUT2D eigenvalue weighted by Gasteiger charge is 2.24. The molecule has 1 aromatic rings. The first-order chi connectivity index (χ1) is 15.9. The van der Waals surface area contributed by atoms with Gasteiger partial charge in [-0.05, 0) is 50.0 Å². The molecule has 2 heterocycles. The zero-order valence-electron chi connectivity index (χ0n) is 24.2. The molecule has 0 aliphatic carbocycles. The fourth-order valence-corrected chi connectivity index (χ4v) is 3.67. The van der Waals surface area contributed by atoms with Crippen molar-refractivity contribution in [3.05, 3.63) is 28.9 Å². The molecule has 0 amide bonds. The molecule has 1 saturated heterocycles. The molecule has 2 rings (SSSR count). The molecule has 1 aliphatic heterocycles. The van der Waals surface area contributed by atoms with Crippen molar-refractivity contribution in [3.63, 3.8) is 0 Å². The Hall–Kier alpha value is -1.30. The van der Waals surface area contributed by atoms with Crippen molar-refractivity contribution >= 4 is 5.57 Å². The third-order valence-electron chi connectivity index (χ3n) is 5.69. The lowest BCUT2D eigenvalue weighted by Gasteiger charge is -2.25. The number of hydrogen-bond donors (Lipinski definition) is 2. The lowest BCUT2D eigenvalue weighted by molar-refractivity contribution is 0.205. The Morgan fingerprint density at radius 1 is 1.18 bits per heavy atom. The molecule has 5 heteroatoms. The number of nitrogens with one attached hydrogen (secondary N) is 1. The topological polar surface area (TPSA) is 67.3 Å². The van der Waals surface area contributed by atoms with E-state index in [-0.39, 0.29) is 24.1 Å². The minimum absolute atomic E-state index is 0.0764. The predicted octanol–water partition coefficient (Wildman–Crippen LogP) is 7.29. The molecule has 0 saturated carbocycles. The van der Waals surface area contributed by atoms with E-state index in [9.17, 15) is 5.11 Å². The van der Waals surface area contributed by atoms with Crippen molar-refractivity contribution in [2.75, 3.05) is 20.3 Å². The average Bonchev–Trinajstić information content (AvgIpc) is 3.00. The van der Waals surface area contributed by atoms with Gasteiger partial charge in [0.1, 0.15) is 0 Å². The predicted molar refractivity (Wildman–Crippen MR) is 147 cm³/mol. The third-order valence-corrected chi connectivity index (χ3v) is 5.69. The van der Waals surface area contributed by atoms with Crippen LogP contribution in [0.25, 0.3) is 5.57 Å². The molecule has 34 heavy (non-hydrogen) atoms. The number of aliphatic hydroxyl groups excluding tert-OH is 1. The Kier molecular flexibility index (Phi) is 16.5. The van der Waals surface area contributed by atoms with Crippen molar-refractivity contribution in [2.45, 2.75) is 120 Å². The van der Waals surface area contributed by atoms with Gasteiger partial charge in [-0.1, -0.05) is 80.2 Å². The van der Waals surface area contributed by atoms with Crippen LogP contribution in [0.3, 0.4) is 0 Å². The van der Waals surface area contributed by atoms with Crippen LogP contribution >= 0.6 is 0 Å². The second-order valence-corrected chi connectivity index (χ2v) is 11.1. The van der Waals surface area contributed by atoms with Gasteiger partial charge in [0.05, 0.1) is 42.5 Å². The minimum atomic E-state index is 0.0764. The molecular formula is C29H55N3O2. The fourth-order valence-electron chi connectivity index (χ4n) is 3.67. The van der Waals surface area contributed by atoms with Gasteiger partial charge in [0.15, 0.2) is 0 Å². The van der Waals surface area contributed by atoms with Gasteiger partial charge in [0.25, 0.3) is 0 Å². The van der Waals surface area contributed by atoms with Gasteiger partial charge < -0.3 is 15.2 Å². The van der Waals surface area contributed by atoms with E-state index in [0.29, 0.717) is 6.61 Å². The Labute approximate surface area is 211 Å². The molecule has 1 aromatic heterocycles. The number of nitrogens with zero attached hydrogens (tertiary/aromatic N) is 2. The van der Waals surface area contributed by atoms with Gasteiger partial charge in [-0.2, -0.15) is 0 Å². The molecule has 2 atom stereocenters. The van der Waals surface area contributed by atoms with Crippen molar-refractivity contribution in [1.82, 2.24) is 15.3 Å². The highest BCUT2D eigenvalue weighted by molar-refractivity contribution is 5.68. The van der Waals surface area contributed by atoms with E-state index in [1.54, 1.807) is 7.11 Å². The molecule has 2 unspecified atom stereocenters. The lowest BCUT2D eigenvalue weighted by Crippen LogP contribution is -2.34. The molecule has 5 nitrogen and oxygen atoms in total. The maximum absolute atomic E-state index is 9.56. The van der Waals surface area contributed by atoms with Crippen LogP contribution in [0.1, 0.15) is 124 Å². The highest BCUT2D eigenvalue weighted by Crippen LogP contribution is 2.34. The Morgan fingerprint density at radius 2 is 1.74 bits per heavy atom. The highest BCUT2D eigenvalue weighted by atomic mass is 16.5. The summed E-state index contributed by atoms with van der Waals surface area (Å²) in [6, 6.07) is 0.319. The summed E-state index contributed by atoms with van der Waals surface area (Å²) in [5.41, 5.74) is 5.58. The number of hydrogen-bond acceptors (Lipinski definition) is 5. The van der Waals surface area contributed by atoms with Crippen LogP contribution < -0.4 is 5.32 Å². The maximum Gasteiger partial charge on any atom is 0.0874 e. The summed E-state index contributed by atoms with van der Waals surface area (Å²) < 4.78 is 5.34. The largest absolute Gasteiger partial charge is 0.395 e. The van der Waals surface area contributed by atoms with Crippen LogP contribution in [0, 0.1) is 18.3 Å². The van der Waals surface area contributed by atoms with Gasteiger partial charge >= 0.3 is 0 Å². The molecule has 0 radical (unpaired) electrons. The summed E-state index contributed by atoms with van der Waals surface area (Å²) in [5, 5.41) is 13.1. The van der Waals surface area contributed by atoms with E-state index < -0.39 is 0 Å². The zero-order chi connectivity index (χ0) is 26.3. The average molecular weight is 478 g/mol. The SMILES string of the molecule is CC(C)C.CCC.COCC/C(=C(/C)C(C)(C)C)c1ncc(C2CCCCC(CO)N2)nc1C. The Bertz CT molecular complexity index is 705. The van der Waals surface area contributed by atoms with Crippen LogP contribution in [-0.2, 0) is 4.74 Å². The van der Waals surface area contributed by atoms with Crippen molar-refractivity contribution in [3.8, 4) is 0 Å². The quantitative estimate of drug-likeness (QED) is 0.450. The number of ether oxygens (including phenoxy) is 1. The first-order valence-corrected chi connectivity index (χ1v) is 13.3. The number of methoxy groups -OCH3 is 1.